The van der Waals surface area contributed by atoms with Crippen LogP contribution >= 0.6 is 0 Å². The third kappa shape index (κ3) is 4.27. The highest BCUT2D eigenvalue weighted by atomic mass is 16.5. The van der Waals surface area contributed by atoms with E-state index in [2.05, 4.69) is 18.7 Å². The number of benzene rings is 1. The number of hydrogen-bond acceptors (Lipinski definition) is 3. The molecule has 0 saturated carbocycles. The van der Waals surface area contributed by atoms with Crippen LogP contribution in [0, 0.1) is 5.41 Å². The minimum absolute atomic E-state index is 0.0899. The topological polar surface area (TPSA) is 32.7 Å². The summed E-state index contributed by atoms with van der Waals surface area (Å²) in [6, 6.07) is 8.03. The number of hydrogen-bond donors (Lipinski definition) is 1. The van der Waals surface area contributed by atoms with Gasteiger partial charge in [0.1, 0.15) is 5.75 Å². The highest BCUT2D eigenvalue weighted by Crippen LogP contribution is 2.22. The number of rotatable bonds is 6. The molecule has 17 heavy (non-hydrogen) atoms. The Morgan fingerprint density at radius 2 is 1.82 bits per heavy atom. The second-order valence-corrected chi connectivity index (χ2v) is 5.11. The van der Waals surface area contributed by atoms with Crippen molar-refractivity contribution < 1.29 is 9.84 Å². The largest absolute Gasteiger partial charge is 0.494 e. The van der Waals surface area contributed by atoms with E-state index in [1.54, 1.807) is 0 Å². The minimum atomic E-state index is -0.0899. The van der Waals surface area contributed by atoms with E-state index in [9.17, 15) is 5.11 Å². The molecule has 1 aromatic carbocycles. The monoisotopic (exact) mass is 237 g/mol. The minimum Gasteiger partial charge on any atom is -0.494 e. The van der Waals surface area contributed by atoms with Gasteiger partial charge in [-0.05, 0) is 31.2 Å². The third-order valence-corrected chi connectivity index (χ3v) is 2.68. The average molecular weight is 237 g/mol. The van der Waals surface area contributed by atoms with E-state index in [-0.39, 0.29) is 12.0 Å². The molecule has 0 spiro atoms. The Hall–Kier alpha value is -1.22. The molecule has 0 bridgehead atoms. The van der Waals surface area contributed by atoms with Crippen LogP contribution in [-0.2, 0) is 0 Å². The fourth-order valence-electron chi connectivity index (χ4n) is 1.75. The van der Waals surface area contributed by atoms with Crippen LogP contribution < -0.4 is 9.64 Å². The Bertz CT molecular complexity index is 333. The Kier molecular flexibility index (Phi) is 4.82. The molecule has 0 radical (unpaired) electrons. The van der Waals surface area contributed by atoms with Gasteiger partial charge in [-0.1, -0.05) is 13.8 Å². The maximum Gasteiger partial charge on any atom is 0.119 e. The summed E-state index contributed by atoms with van der Waals surface area (Å²) in [5.41, 5.74) is 1.04. The van der Waals surface area contributed by atoms with Crippen LogP contribution in [0.4, 0.5) is 5.69 Å². The van der Waals surface area contributed by atoms with Gasteiger partial charge < -0.3 is 14.7 Å². The van der Waals surface area contributed by atoms with Gasteiger partial charge in [-0.2, -0.15) is 0 Å². The molecule has 0 heterocycles. The molecule has 0 aliphatic heterocycles. The van der Waals surface area contributed by atoms with Crippen LogP contribution in [0.2, 0.25) is 0 Å². The molecule has 0 aromatic heterocycles. The lowest BCUT2D eigenvalue weighted by molar-refractivity contribution is 0.165. The molecule has 0 unspecified atom stereocenters. The molecule has 0 saturated heterocycles. The van der Waals surface area contributed by atoms with Crippen LogP contribution in [0.15, 0.2) is 24.3 Å². The molecule has 1 aromatic rings. The van der Waals surface area contributed by atoms with Crippen molar-refractivity contribution in [1.82, 2.24) is 0 Å². The molecule has 1 rings (SSSR count). The maximum absolute atomic E-state index is 9.26. The Morgan fingerprint density at radius 3 is 2.29 bits per heavy atom. The van der Waals surface area contributed by atoms with Crippen molar-refractivity contribution in [3.8, 4) is 5.75 Å². The molecule has 3 heteroatoms. The lowest BCUT2D eigenvalue weighted by Crippen LogP contribution is -2.33. The second kappa shape index (κ2) is 5.92. The van der Waals surface area contributed by atoms with Gasteiger partial charge >= 0.3 is 0 Å². The third-order valence-electron chi connectivity index (χ3n) is 2.68. The van der Waals surface area contributed by atoms with Gasteiger partial charge in [0.05, 0.1) is 6.61 Å². The first-order valence-corrected chi connectivity index (χ1v) is 6.03. The van der Waals surface area contributed by atoms with Crippen LogP contribution in [0.3, 0.4) is 0 Å². The van der Waals surface area contributed by atoms with Gasteiger partial charge in [0.15, 0.2) is 0 Å². The number of anilines is 1. The Morgan fingerprint density at radius 1 is 1.24 bits per heavy atom. The second-order valence-electron chi connectivity index (χ2n) is 5.11. The van der Waals surface area contributed by atoms with E-state index in [1.165, 1.54) is 0 Å². The van der Waals surface area contributed by atoms with Crippen molar-refractivity contribution in [1.29, 1.82) is 0 Å². The van der Waals surface area contributed by atoms with Gasteiger partial charge in [-0.3, -0.25) is 0 Å². The molecule has 0 fully saturated rings. The average Bonchev–Trinajstić information content (AvgIpc) is 2.30. The first kappa shape index (κ1) is 13.8. The van der Waals surface area contributed by atoms with E-state index >= 15 is 0 Å². The summed E-state index contributed by atoms with van der Waals surface area (Å²) in [4.78, 5) is 2.14. The van der Waals surface area contributed by atoms with Crippen molar-refractivity contribution in [2.24, 2.45) is 5.41 Å². The standard InChI is InChI=1S/C14H23NO2/c1-5-17-13-8-6-12(7-9-13)15(4)10-14(2,3)11-16/h6-9,16H,5,10-11H2,1-4H3. The summed E-state index contributed by atoms with van der Waals surface area (Å²) in [7, 11) is 2.03. The summed E-state index contributed by atoms with van der Waals surface area (Å²) < 4.78 is 5.40. The smallest absolute Gasteiger partial charge is 0.119 e. The summed E-state index contributed by atoms with van der Waals surface area (Å²) >= 11 is 0. The predicted octanol–water partition coefficient (Wildman–Crippen LogP) is 2.54. The summed E-state index contributed by atoms with van der Waals surface area (Å²) in [6.45, 7) is 7.78. The van der Waals surface area contributed by atoms with E-state index < -0.39 is 0 Å². The molecule has 1 N–H and O–H groups in total. The van der Waals surface area contributed by atoms with Crippen molar-refractivity contribution >= 4 is 5.69 Å². The zero-order chi connectivity index (χ0) is 12.9. The van der Waals surface area contributed by atoms with Gasteiger partial charge in [-0.25, -0.2) is 0 Å². The van der Waals surface area contributed by atoms with E-state index in [0.29, 0.717) is 6.61 Å². The van der Waals surface area contributed by atoms with Crippen LogP contribution in [0.25, 0.3) is 0 Å². The van der Waals surface area contributed by atoms with Gasteiger partial charge in [0.25, 0.3) is 0 Å². The number of aliphatic hydroxyl groups is 1. The number of nitrogens with zero attached hydrogens (tertiary/aromatic N) is 1. The van der Waals surface area contributed by atoms with Crippen LogP contribution in [-0.4, -0.2) is 31.9 Å². The molecule has 0 amide bonds. The lowest BCUT2D eigenvalue weighted by atomic mass is 9.94. The molecule has 0 atom stereocenters. The van der Waals surface area contributed by atoms with Gasteiger partial charge in [0.2, 0.25) is 0 Å². The molecular formula is C14H23NO2. The maximum atomic E-state index is 9.26. The lowest BCUT2D eigenvalue weighted by Gasteiger charge is -2.30. The molecule has 0 aliphatic carbocycles. The SMILES string of the molecule is CCOc1ccc(N(C)CC(C)(C)CO)cc1. The van der Waals surface area contributed by atoms with E-state index in [4.69, 9.17) is 4.74 Å². The first-order valence-electron chi connectivity index (χ1n) is 6.03. The van der Waals surface area contributed by atoms with Crippen molar-refractivity contribution in [2.75, 3.05) is 31.7 Å². The van der Waals surface area contributed by atoms with Crippen molar-refractivity contribution in [3.63, 3.8) is 0 Å². The molecule has 96 valence electrons. The zero-order valence-corrected chi connectivity index (χ0v) is 11.2. The highest BCUT2D eigenvalue weighted by molar-refractivity contribution is 5.48. The quantitative estimate of drug-likeness (QED) is 0.825. The van der Waals surface area contributed by atoms with Crippen molar-refractivity contribution in [2.45, 2.75) is 20.8 Å². The van der Waals surface area contributed by atoms with E-state index in [1.807, 2.05) is 38.2 Å². The van der Waals surface area contributed by atoms with Gasteiger partial charge in [0, 0.05) is 31.3 Å². The molecule has 0 aliphatic rings. The normalized spacial score (nSPS) is 11.4. The summed E-state index contributed by atoms with van der Waals surface area (Å²) in [6.07, 6.45) is 0. The van der Waals surface area contributed by atoms with Crippen LogP contribution in [0.1, 0.15) is 20.8 Å². The summed E-state index contributed by atoms with van der Waals surface area (Å²) in [5, 5.41) is 9.26. The number of ether oxygens (including phenoxy) is 1. The number of aliphatic hydroxyl groups excluding tert-OH is 1. The van der Waals surface area contributed by atoms with Crippen molar-refractivity contribution in [3.05, 3.63) is 24.3 Å². The Labute approximate surface area is 104 Å². The first-order chi connectivity index (χ1) is 7.98. The Balaban J connectivity index is 2.66. The summed E-state index contributed by atoms with van der Waals surface area (Å²) in [5.74, 6) is 0.895. The van der Waals surface area contributed by atoms with E-state index in [0.717, 1.165) is 18.0 Å². The van der Waals surface area contributed by atoms with Crippen LogP contribution in [0.5, 0.6) is 5.75 Å². The highest BCUT2D eigenvalue weighted by Gasteiger charge is 2.19. The zero-order valence-electron chi connectivity index (χ0n) is 11.2. The predicted molar refractivity (Wildman–Crippen MR) is 71.7 cm³/mol. The molecule has 3 nitrogen and oxygen atoms in total. The molecular weight excluding hydrogens is 214 g/mol. The fraction of sp³-hybridized carbons (Fsp3) is 0.571. The van der Waals surface area contributed by atoms with Gasteiger partial charge in [-0.15, -0.1) is 0 Å². The fourth-order valence-corrected chi connectivity index (χ4v) is 1.75.